The van der Waals surface area contributed by atoms with E-state index in [4.69, 9.17) is 10.5 Å². The van der Waals surface area contributed by atoms with Gasteiger partial charge in [-0.2, -0.15) is 13.2 Å². The Bertz CT molecular complexity index is 321. The first kappa shape index (κ1) is 12.8. The minimum atomic E-state index is -4.31. The third kappa shape index (κ3) is 3.73. The van der Waals surface area contributed by atoms with Crippen LogP contribution < -0.4 is 10.5 Å². The fourth-order valence-corrected chi connectivity index (χ4v) is 1.13. The maximum absolute atomic E-state index is 12.3. The Hall–Kier alpha value is -1.23. The van der Waals surface area contributed by atoms with Crippen LogP contribution in [0.5, 0.6) is 5.75 Å². The second kappa shape index (κ2) is 5.21. The van der Waals surface area contributed by atoms with Gasteiger partial charge in [0.1, 0.15) is 18.3 Å². The third-order valence-corrected chi connectivity index (χ3v) is 2.22. The van der Waals surface area contributed by atoms with Gasteiger partial charge in [-0.25, -0.2) is 0 Å². The largest absolute Gasteiger partial charge is 0.493 e. The smallest absolute Gasteiger partial charge is 0.396 e. The van der Waals surface area contributed by atoms with Gasteiger partial charge in [-0.15, -0.1) is 0 Å². The number of halogens is 3. The number of hydrogen-bond acceptors (Lipinski definition) is 2. The van der Waals surface area contributed by atoms with Crippen molar-refractivity contribution >= 4 is 0 Å². The normalized spacial score (nSPS) is 13.6. The molecule has 0 spiro atoms. The molecule has 0 saturated carbocycles. The van der Waals surface area contributed by atoms with Crippen LogP contribution in [0.3, 0.4) is 0 Å². The molecule has 1 atom stereocenters. The molecule has 16 heavy (non-hydrogen) atoms. The molecule has 90 valence electrons. The summed E-state index contributed by atoms with van der Waals surface area (Å²) in [6.07, 6.45) is -4.31. The van der Waals surface area contributed by atoms with Crippen molar-refractivity contribution in [3.05, 3.63) is 29.8 Å². The molecular weight excluding hydrogens is 219 g/mol. The minimum absolute atomic E-state index is 0.424. The van der Waals surface area contributed by atoms with E-state index in [-0.39, 0.29) is 0 Å². The topological polar surface area (TPSA) is 35.2 Å². The van der Waals surface area contributed by atoms with Gasteiger partial charge in [-0.05, 0) is 19.1 Å². The molecule has 1 aromatic rings. The van der Waals surface area contributed by atoms with Crippen LogP contribution in [0.2, 0.25) is 0 Å². The molecule has 0 radical (unpaired) electrons. The fourth-order valence-electron chi connectivity index (χ4n) is 1.13. The zero-order chi connectivity index (χ0) is 12.2. The molecule has 0 amide bonds. The third-order valence-electron chi connectivity index (χ3n) is 2.22. The molecular formula is C11H14F3NO. The quantitative estimate of drug-likeness (QED) is 0.867. The summed E-state index contributed by atoms with van der Waals surface area (Å²) in [4.78, 5) is 0. The fraction of sp³-hybridized carbons (Fsp3) is 0.455. The molecule has 0 heterocycles. The Morgan fingerprint density at radius 2 is 1.81 bits per heavy atom. The summed E-state index contributed by atoms with van der Waals surface area (Å²) in [5.41, 5.74) is 6.07. The molecule has 2 nitrogen and oxygen atoms in total. The van der Waals surface area contributed by atoms with Crippen molar-refractivity contribution in [2.75, 3.05) is 13.2 Å². The summed E-state index contributed by atoms with van der Waals surface area (Å²) < 4.78 is 42.0. The number of nitrogens with two attached hydrogens (primary N) is 1. The summed E-state index contributed by atoms with van der Waals surface area (Å²) in [5, 5.41) is 0. The molecule has 5 heteroatoms. The SMILES string of the molecule is Cc1ccc(OCC(CN)C(F)(F)F)cc1. The van der Waals surface area contributed by atoms with E-state index in [1.54, 1.807) is 24.3 Å². The maximum Gasteiger partial charge on any atom is 0.396 e. The number of benzene rings is 1. The van der Waals surface area contributed by atoms with Crippen LogP contribution in [-0.4, -0.2) is 19.3 Å². The molecule has 0 fully saturated rings. The van der Waals surface area contributed by atoms with E-state index in [0.29, 0.717) is 5.75 Å². The van der Waals surface area contributed by atoms with Crippen LogP contribution >= 0.6 is 0 Å². The summed E-state index contributed by atoms with van der Waals surface area (Å²) in [6, 6.07) is 6.83. The summed E-state index contributed by atoms with van der Waals surface area (Å²) in [7, 11) is 0. The van der Waals surface area contributed by atoms with E-state index in [2.05, 4.69) is 0 Å². The first-order valence-electron chi connectivity index (χ1n) is 4.89. The monoisotopic (exact) mass is 233 g/mol. The minimum Gasteiger partial charge on any atom is -0.493 e. The van der Waals surface area contributed by atoms with Crippen molar-refractivity contribution in [3.8, 4) is 5.75 Å². The van der Waals surface area contributed by atoms with E-state index in [1.165, 1.54) is 0 Å². The standard InChI is InChI=1S/C11H14F3NO/c1-8-2-4-10(5-3-8)16-7-9(6-15)11(12,13)14/h2-5,9H,6-7,15H2,1H3. The van der Waals surface area contributed by atoms with E-state index < -0.39 is 25.2 Å². The lowest BCUT2D eigenvalue weighted by atomic mass is 10.1. The molecule has 2 N–H and O–H groups in total. The van der Waals surface area contributed by atoms with Crippen molar-refractivity contribution in [1.29, 1.82) is 0 Å². The van der Waals surface area contributed by atoms with Gasteiger partial charge < -0.3 is 10.5 Å². The van der Waals surface area contributed by atoms with Crippen molar-refractivity contribution in [1.82, 2.24) is 0 Å². The van der Waals surface area contributed by atoms with E-state index in [9.17, 15) is 13.2 Å². The Kier molecular flexibility index (Phi) is 4.18. The second-order valence-corrected chi connectivity index (χ2v) is 3.60. The van der Waals surface area contributed by atoms with Gasteiger partial charge in [0.25, 0.3) is 0 Å². The van der Waals surface area contributed by atoms with Crippen molar-refractivity contribution in [2.24, 2.45) is 11.7 Å². The van der Waals surface area contributed by atoms with Gasteiger partial charge in [-0.1, -0.05) is 17.7 Å². The van der Waals surface area contributed by atoms with Crippen molar-refractivity contribution in [2.45, 2.75) is 13.1 Å². The molecule has 0 bridgehead atoms. The van der Waals surface area contributed by atoms with E-state index in [0.717, 1.165) is 5.56 Å². The highest BCUT2D eigenvalue weighted by Crippen LogP contribution is 2.26. The molecule has 0 saturated heterocycles. The van der Waals surface area contributed by atoms with Gasteiger partial charge in [0.05, 0.1) is 0 Å². The van der Waals surface area contributed by atoms with Crippen LogP contribution in [0, 0.1) is 12.8 Å². The highest BCUT2D eigenvalue weighted by atomic mass is 19.4. The van der Waals surface area contributed by atoms with Crippen LogP contribution in [0.4, 0.5) is 13.2 Å². The lowest BCUT2D eigenvalue weighted by Gasteiger charge is -2.18. The highest BCUT2D eigenvalue weighted by Gasteiger charge is 2.39. The van der Waals surface area contributed by atoms with E-state index in [1.807, 2.05) is 6.92 Å². The lowest BCUT2D eigenvalue weighted by Crippen LogP contribution is -2.35. The lowest BCUT2D eigenvalue weighted by molar-refractivity contribution is -0.178. The number of ether oxygens (including phenoxy) is 1. The van der Waals surface area contributed by atoms with Gasteiger partial charge in [-0.3, -0.25) is 0 Å². The average molecular weight is 233 g/mol. The van der Waals surface area contributed by atoms with Gasteiger partial charge >= 0.3 is 6.18 Å². The second-order valence-electron chi connectivity index (χ2n) is 3.60. The number of hydrogen-bond donors (Lipinski definition) is 1. The molecule has 0 aromatic heterocycles. The summed E-state index contributed by atoms with van der Waals surface area (Å²) >= 11 is 0. The zero-order valence-corrected chi connectivity index (χ0v) is 8.92. The predicted molar refractivity (Wildman–Crippen MR) is 55.3 cm³/mol. The average Bonchev–Trinajstić information content (AvgIpc) is 2.19. The molecule has 1 aromatic carbocycles. The summed E-state index contributed by atoms with van der Waals surface area (Å²) in [5.74, 6) is -1.19. The summed E-state index contributed by atoms with van der Waals surface area (Å²) in [6.45, 7) is 0.987. The number of aryl methyl sites for hydroxylation is 1. The first-order chi connectivity index (χ1) is 7.43. The molecule has 0 aliphatic carbocycles. The van der Waals surface area contributed by atoms with Crippen LogP contribution in [0.1, 0.15) is 5.56 Å². The van der Waals surface area contributed by atoms with Crippen LogP contribution in [0.15, 0.2) is 24.3 Å². The first-order valence-corrected chi connectivity index (χ1v) is 4.89. The molecule has 0 aliphatic rings. The maximum atomic E-state index is 12.3. The van der Waals surface area contributed by atoms with Crippen LogP contribution in [-0.2, 0) is 0 Å². The predicted octanol–water partition coefficient (Wildman–Crippen LogP) is 2.51. The Morgan fingerprint density at radius 1 is 1.25 bits per heavy atom. The van der Waals surface area contributed by atoms with Gasteiger partial charge in [0.2, 0.25) is 0 Å². The Balaban J connectivity index is 2.53. The molecule has 0 aliphatic heterocycles. The van der Waals surface area contributed by atoms with Crippen molar-refractivity contribution < 1.29 is 17.9 Å². The number of rotatable bonds is 4. The molecule has 1 unspecified atom stereocenters. The zero-order valence-electron chi connectivity index (χ0n) is 8.92. The van der Waals surface area contributed by atoms with Crippen molar-refractivity contribution in [3.63, 3.8) is 0 Å². The highest BCUT2D eigenvalue weighted by molar-refractivity contribution is 5.26. The number of alkyl halides is 3. The molecule has 1 rings (SSSR count). The van der Waals surface area contributed by atoms with Gasteiger partial charge in [0.15, 0.2) is 0 Å². The van der Waals surface area contributed by atoms with E-state index >= 15 is 0 Å². The van der Waals surface area contributed by atoms with Gasteiger partial charge in [0, 0.05) is 6.54 Å². The Labute approximate surface area is 92.2 Å². The Morgan fingerprint density at radius 3 is 2.25 bits per heavy atom. The van der Waals surface area contributed by atoms with Crippen LogP contribution in [0.25, 0.3) is 0 Å².